The number of nitrogens with two attached hydrogens (primary N) is 1. The normalized spacial score (nSPS) is 11.0. The third-order valence-electron chi connectivity index (χ3n) is 3.39. The molecule has 0 saturated carbocycles. The lowest BCUT2D eigenvalue weighted by Crippen LogP contribution is -2.27. The number of anilines is 2. The van der Waals surface area contributed by atoms with Gasteiger partial charge in [0.1, 0.15) is 18.3 Å². The van der Waals surface area contributed by atoms with Gasteiger partial charge in [0.2, 0.25) is 5.91 Å². The molecule has 3 aromatic rings. The first kappa shape index (κ1) is 16.3. The topological polar surface area (TPSA) is 108 Å². The van der Waals surface area contributed by atoms with Crippen LogP contribution in [0.25, 0.3) is 11.0 Å². The van der Waals surface area contributed by atoms with Crippen LogP contribution in [-0.4, -0.2) is 25.2 Å². The van der Waals surface area contributed by atoms with Gasteiger partial charge in [-0.1, -0.05) is 23.2 Å². The maximum atomic E-state index is 12.3. The van der Waals surface area contributed by atoms with Crippen LogP contribution in [-0.2, 0) is 18.4 Å². The molecule has 0 saturated heterocycles. The molecule has 0 radical (unpaired) electrons. The predicted octanol–water partition coefficient (Wildman–Crippen LogP) is 1.66. The average Bonchev–Trinajstić information content (AvgIpc) is 2.89. The number of nitrogens with zero attached hydrogens (tertiary/aromatic N) is 4. The van der Waals surface area contributed by atoms with Gasteiger partial charge in [-0.25, -0.2) is 4.98 Å². The Morgan fingerprint density at radius 3 is 2.67 bits per heavy atom. The zero-order valence-electron chi connectivity index (χ0n) is 12.5. The minimum absolute atomic E-state index is 0.212. The van der Waals surface area contributed by atoms with Gasteiger partial charge in [-0.05, 0) is 12.1 Å². The lowest BCUT2D eigenvalue weighted by molar-refractivity contribution is -0.116. The summed E-state index contributed by atoms with van der Waals surface area (Å²) in [6.45, 7) is -0.212. The molecule has 0 aliphatic rings. The highest BCUT2D eigenvalue weighted by Gasteiger charge is 2.12. The van der Waals surface area contributed by atoms with E-state index in [9.17, 15) is 9.59 Å². The van der Waals surface area contributed by atoms with Gasteiger partial charge in [0.15, 0.2) is 5.65 Å². The SMILES string of the molecule is Cn1ncc2c(=O)n(CC(=O)Nc3cc(Cl)c(N)c(Cl)c3)cnc21. The number of nitrogens with one attached hydrogen (secondary N) is 1. The maximum Gasteiger partial charge on any atom is 0.264 e. The highest BCUT2D eigenvalue weighted by molar-refractivity contribution is 6.39. The third kappa shape index (κ3) is 2.93. The Hall–Kier alpha value is -2.58. The van der Waals surface area contributed by atoms with Gasteiger partial charge in [0.05, 0.1) is 21.9 Å². The van der Waals surface area contributed by atoms with Crippen LogP contribution in [0.4, 0.5) is 11.4 Å². The van der Waals surface area contributed by atoms with E-state index in [0.29, 0.717) is 16.7 Å². The van der Waals surface area contributed by atoms with Gasteiger partial charge < -0.3 is 11.1 Å². The molecule has 10 heteroatoms. The Bertz CT molecular complexity index is 987. The molecule has 24 heavy (non-hydrogen) atoms. The predicted molar refractivity (Wildman–Crippen MR) is 92.3 cm³/mol. The van der Waals surface area contributed by atoms with Crippen molar-refractivity contribution in [2.75, 3.05) is 11.1 Å². The van der Waals surface area contributed by atoms with Crippen LogP contribution in [0, 0.1) is 0 Å². The van der Waals surface area contributed by atoms with Crippen LogP contribution in [0.15, 0.2) is 29.5 Å². The molecule has 1 amide bonds. The average molecular weight is 367 g/mol. The summed E-state index contributed by atoms with van der Waals surface area (Å²) in [7, 11) is 1.68. The van der Waals surface area contributed by atoms with Gasteiger partial charge >= 0.3 is 0 Å². The highest BCUT2D eigenvalue weighted by atomic mass is 35.5. The van der Waals surface area contributed by atoms with E-state index in [0.717, 1.165) is 0 Å². The number of amides is 1. The summed E-state index contributed by atoms with van der Waals surface area (Å²) in [4.78, 5) is 28.6. The van der Waals surface area contributed by atoms with Gasteiger partial charge in [0.25, 0.3) is 5.56 Å². The van der Waals surface area contributed by atoms with Crippen molar-refractivity contribution in [1.29, 1.82) is 0 Å². The van der Waals surface area contributed by atoms with E-state index >= 15 is 0 Å². The van der Waals surface area contributed by atoms with Crippen LogP contribution in [0.2, 0.25) is 10.0 Å². The zero-order chi connectivity index (χ0) is 17.4. The number of carbonyl (C=O) groups excluding carboxylic acids is 1. The largest absolute Gasteiger partial charge is 0.396 e. The fourth-order valence-corrected chi connectivity index (χ4v) is 2.68. The van der Waals surface area contributed by atoms with E-state index in [1.165, 1.54) is 33.9 Å². The van der Waals surface area contributed by atoms with Gasteiger partial charge in [-0.2, -0.15) is 5.10 Å². The van der Waals surface area contributed by atoms with Crippen molar-refractivity contribution in [1.82, 2.24) is 19.3 Å². The van der Waals surface area contributed by atoms with Crippen molar-refractivity contribution in [3.63, 3.8) is 0 Å². The van der Waals surface area contributed by atoms with E-state index in [-0.39, 0.29) is 27.8 Å². The zero-order valence-corrected chi connectivity index (χ0v) is 14.0. The lowest BCUT2D eigenvalue weighted by Gasteiger charge is -2.09. The smallest absolute Gasteiger partial charge is 0.264 e. The standard InChI is InChI=1S/C14H12Cl2N6O2/c1-21-13-8(4-19-21)14(24)22(6-18-13)5-11(23)20-7-2-9(15)12(17)10(16)3-7/h2-4,6H,5,17H2,1H3,(H,20,23). The van der Waals surface area contributed by atoms with Crippen LogP contribution >= 0.6 is 23.2 Å². The molecular formula is C14H12Cl2N6O2. The minimum atomic E-state index is -0.431. The van der Waals surface area contributed by atoms with E-state index in [1.54, 1.807) is 7.05 Å². The van der Waals surface area contributed by atoms with Crippen LogP contribution in [0.1, 0.15) is 0 Å². The molecule has 0 spiro atoms. The van der Waals surface area contributed by atoms with Crippen LogP contribution in [0.3, 0.4) is 0 Å². The number of carbonyl (C=O) groups is 1. The molecule has 0 fully saturated rings. The Morgan fingerprint density at radius 2 is 2.00 bits per heavy atom. The van der Waals surface area contributed by atoms with Crippen molar-refractivity contribution in [3.05, 3.63) is 45.1 Å². The molecule has 0 atom stereocenters. The number of fused-ring (bicyclic) bond motifs is 1. The molecule has 3 N–H and O–H groups in total. The molecule has 2 heterocycles. The number of nitrogen functional groups attached to an aromatic ring is 1. The first-order chi connectivity index (χ1) is 11.4. The molecule has 3 rings (SSSR count). The molecule has 124 valence electrons. The minimum Gasteiger partial charge on any atom is -0.396 e. The van der Waals surface area contributed by atoms with E-state index in [1.807, 2.05) is 0 Å². The summed E-state index contributed by atoms with van der Waals surface area (Å²) < 4.78 is 2.68. The molecule has 1 aromatic carbocycles. The van der Waals surface area contributed by atoms with Gasteiger partial charge in [-0.15, -0.1) is 0 Å². The van der Waals surface area contributed by atoms with Gasteiger partial charge in [-0.3, -0.25) is 18.8 Å². The van der Waals surface area contributed by atoms with E-state index in [4.69, 9.17) is 28.9 Å². The molecule has 0 aliphatic carbocycles. The van der Waals surface area contributed by atoms with Crippen molar-refractivity contribution < 1.29 is 4.79 Å². The van der Waals surface area contributed by atoms with E-state index < -0.39 is 5.91 Å². The Balaban J connectivity index is 1.83. The van der Waals surface area contributed by atoms with Crippen molar-refractivity contribution >= 4 is 51.5 Å². The lowest BCUT2D eigenvalue weighted by atomic mass is 10.3. The van der Waals surface area contributed by atoms with Crippen molar-refractivity contribution in [2.45, 2.75) is 6.54 Å². The molecule has 0 bridgehead atoms. The highest BCUT2D eigenvalue weighted by Crippen LogP contribution is 2.31. The molecule has 2 aromatic heterocycles. The number of rotatable bonds is 3. The second-order valence-electron chi connectivity index (χ2n) is 5.08. The summed E-state index contributed by atoms with van der Waals surface area (Å²) in [5.41, 5.74) is 6.36. The molecular weight excluding hydrogens is 355 g/mol. The maximum absolute atomic E-state index is 12.3. The van der Waals surface area contributed by atoms with Gasteiger partial charge in [0, 0.05) is 12.7 Å². The number of aromatic nitrogens is 4. The molecule has 0 aliphatic heterocycles. The summed E-state index contributed by atoms with van der Waals surface area (Å²) in [5, 5.41) is 7.38. The second kappa shape index (κ2) is 6.14. The second-order valence-corrected chi connectivity index (χ2v) is 5.90. The van der Waals surface area contributed by atoms with Crippen LogP contribution < -0.4 is 16.6 Å². The molecule has 0 unspecified atom stereocenters. The van der Waals surface area contributed by atoms with Crippen LogP contribution in [0.5, 0.6) is 0 Å². The number of benzene rings is 1. The third-order valence-corrected chi connectivity index (χ3v) is 4.02. The Morgan fingerprint density at radius 1 is 1.33 bits per heavy atom. The number of hydrogen-bond acceptors (Lipinski definition) is 5. The summed E-state index contributed by atoms with van der Waals surface area (Å²) in [5.74, 6) is -0.431. The van der Waals surface area contributed by atoms with E-state index in [2.05, 4.69) is 15.4 Å². The van der Waals surface area contributed by atoms with Crippen molar-refractivity contribution in [2.24, 2.45) is 7.05 Å². The summed E-state index contributed by atoms with van der Waals surface area (Å²) >= 11 is 11.8. The fraction of sp³-hybridized carbons (Fsp3) is 0.143. The number of halogens is 2. The number of aryl methyl sites for hydroxylation is 1. The fourth-order valence-electron chi connectivity index (χ4n) is 2.19. The first-order valence-electron chi connectivity index (χ1n) is 6.78. The summed E-state index contributed by atoms with van der Waals surface area (Å²) in [6, 6.07) is 2.96. The number of hydrogen-bond donors (Lipinski definition) is 2. The monoisotopic (exact) mass is 366 g/mol. The Kier molecular flexibility index (Phi) is 4.16. The van der Waals surface area contributed by atoms with Crippen molar-refractivity contribution in [3.8, 4) is 0 Å². The Labute approximate surface area is 145 Å². The molecule has 8 nitrogen and oxygen atoms in total. The first-order valence-corrected chi connectivity index (χ1v) is 7.54. The quantitative estimate of drug-likeness (QED) is 0.685. The summed E-state index contributed by atoms with van der Waals surface area (Å²) in [6.07, 6.45) is 2.72.